The molecule has 0 rings (SSSR count). The molecule has 0 bridgehead atoms. The molecule has 0 aliphatic rings. The van der Waals surface area contributed by atoms with Gasteiger partial charge >= 0.3 is 0 Å². The van der Waals surface area contributed by atoms with E-state index < -0.39 is 0 Å². The lowest BCUT2D eigenvalue weighted by Crippen LogP contribution is -2.24. The zero-order valence-corrected chi connectivity index (χ0v) is 8.56. The molecule has 0 aromatic carbocycles. The molecule has 0 saturated heterocycles. The fourth-order valence-corrected chi connectivity index (χ4v) is 0.907. The maximum Gasteiger partial charge on any atom is 0.216 e. The number of hydrogen-bond acceptors (Lipinski definition) is 3. The molecule has 0 aliphatic heterocycles. The van der Waals surface area contributed by atoms with Crippen LogP contribution >= 0.6 is 0 Å². The summed E-state index contributed by atoms with van der Waals surface area (Å²) in [6, 6.07) is 0. The fraction of sp³-hybridized carbons (Fsp3) is 0.889. The van der Waals surface area contributed by atoms with Gasteiger partial charge < -0.3 is 15.4 Å². The molecule has 4 heteroatoms. The maximum atomic E-state index is 10.4. The summed E-state index contributed by atoms with van der Waals surface area (Å²) in [6.45, 7) is 4.55. The number of carbonyl (C=O) groups excluding carboxylic acids is 1. The lowest BCUT2D eigenvalue weighted by atomic mass is 10.3. The normalized spacial score (nSPS) is 10.0. The molecule has 0 saturated carbocycles. The molecule has 0 aliphatic carbocycles. The molecule has 13 heavy (non-hydrogen) atoms. The Bertz CT molecular complexity index is 129. The van der Waals surface area contributed by atoms with Crippen molar-refractivity contribution < 1.29 is 9.53 Å². The number of hydrogen-bond donors (Lipinski definition) is 2. The van der Waals surface area contributed by atoms with Gasteiger partial charge in [0.1, 0.15) is 0 Å². The Kier molecular flexibility index (Phi) is 9.03. The molecule has 0 atom stereocenters. The minimum Gasteiger partial charge on any atom is -0.380 e. The third-order valence-corrected chi connectivity index (χ3v) is 1.59. The van der Waals surface area contributed by atoms with Gasteiger partial charge in [0.25, 0.3) is 0 Å². The third kappa shape index (κ3) is 11.4. The molecule has 0 aromatic heterocycles. The van der Waals surface area contributed by atoms with Crippen LogP contribution in [0.3, 0.4) is 0 Å². The molecule has 2 N–H and O–H groups in total. The Labute approximate surface area is 80.0 Å². The standard InChI is InChI=1S/C9H20N2O2/c1-9(12)11-6-8-13-7-4-3-5-10-2/h10H,3-8H2,1-2H3,(H,11,12). The van der Waals surface area contributed by atoms with Gasteiger partial charge in [0.15, 0.2) is 0 Å². The number of rotatable bonds is 8. The molecule has 0 spiro atoms. The Morgan fingerprint density at radius 3 is 2.62 bits per heavy atom. The number of nitrogens with one attached hydrogen (secondary N) is 2. The minimum absolute atomic E-state index is 0.00113. The van der Waals surface area contributed by atoms with E-state index in [0.29, 0.717) is 13.2 Å². The monoisotopic (exact) mass is 188 g/mol. The van der Waals surface area contributed by atoms with Crippen molar-refractivity contribution in [3.05, 3.63) is 0 Å². The van der Waals surface area contributed by atoms with Gasteiger partial charge in [-0.15, -0.1) is 0 Å². The van der Waals surface area contributed by atoms with Crippen LogP contribution in [0.25, 0.3) is 0 Å². The predicted octanol–water partition coefficient (Wildman–Crippen LogP) is 0.139. The minimum atomic E-state index is -0.00113. The third-order valence-electron chi connectivity index (χ3n) is 1.59. The SMILES string of the molecule is CNCCCCOCCNC(C)=O. The number of amides is 1. The summed E-state index contributed by atoms with van der Waals surface area (Å²) < 4.78 is 5.29. The van der Waals surface area contributed by atoms with Crippen LogP contribution in [0, 0.1) is 0 Å². The van der Waals surface area contributed by atoms with Crippen LogP contribution in [0.2, 0.25) is 0 Å². The Morgan fingerprint density at radius 2 is 2.00 bits per heavy atom. The molecule has 0 heterocycles. The van der Waals surface area contributed by atoms with Crippen LogP contribution in [0.1, 0.15) is 19.8 Å². The summed E-state index contributed by atoms with van der Waals surface area (Å²) in [7, 11) is 1.94. The topological polar surface area (TPSA) is 50.4 Å². The van der Waals surface area contributed by atoms with Crippen LogP contribution in [-0.2, 0) is 9.53 Å². The average Bonchev–Trinajstić information content (AvgIpc) is 2.09. The van der Waals surface area contributed by atoms with Gasteiger partial charge in [-0.05, 0) is 26.4 Å². The van der Waals surface area contributed by atoms with Crippen molar-refractivity contribution in [3.63, 3.8) is 0 Å². The van der Waals surface area contributed by atoms with E-state index in [1.165, 1.54) is 6.92 Å². The van der Waals surface area contributed by atoms with Crippen LogP contribution in [0.4, 0.5) is 0 Å². The van der Waals surface area contributed by atoms with Crippen molar-refractivity contribution in [2.45, 2.75) is 19.8 Å². The average molecular weight is 188 g/mol. The van der Waals surface area contributed by atoms with Gasteiger partial charge in [0.05, 0.1) is 6.61 Å². The molecule has 0 fully saturated rings. The highest BCUT2D eigenvalue weighted by molar-refractivity contribution is 5.72. The summed E-state index contributed by atoms with van der Waals surface area (Å²) in [5.41, 5.74) is 0. The largest absolute Gasteiger partial charge is 0.380 e. The number of ether oxygens (including phenoxy) is 1. The zero-order chi connectivity index (χ0) is 9.94. The van der Waals surface area contributed by atoms with E-state index in [0.717, 1.165) is 26.0 Å². The lowest BCUT2D eigenvalue weighted by Gasteiger charge is -2.04. The van der Waals surface area contributed by atoms with E-state index in [2.05, 4.69) is 10.6 Å². The molecule has 0 unspecified atom stereocenters. The highest BCUT2D eigenvalue weighted by Crippen LogP contribution is 1.87. The van der Waals surface area contributed by atoms with Crippen LogP contribution in [0.5, 0.6) is 0 Å². The number of unbranched alkanes of at least 4 members (excludes halogenated alkanes) is 1. The zero-order valence-electron chi connectivity index (χ0n) is 8.56. The summed E-state index contributed by atoms with van der Waals surface area (Å²) >= 11 is 0. The number of carbonyl (C=O) groups is 1. The molecule has 4 nitrogen and oxygen atoms in total. The smallest absolute Gasteiger partial charge is 0.216 e. The molecule has 1 amide bonds. The first-order valence-electron chi connectivity index (χ1n) is 4.74. The summed E-state index contributed by atoms with van der Waals surface area (Å²) in [5, 5.41) is 5.74. The van der Waals surface area contributed by atoms with E-state index in [9.17, 15) is 4.79 Å². The molecule has 0 radical (unpaired) electrons. The van der Waals surface area contributed by atoms with E-state index >= 15 is 0 Å². The van der Waals surface area contributed by atoms with E-state index in [4.69, 9.17) is 4.74 Å². The van der Waals surface area contributed by atoms with Gasteiger partial charge in [0, 0.05) is 20.1 Å². The first kappa shape index (κ1) is 12.4. The van der Waals surface area contributed by atoms with Crippen molar-refractivity contribution in [1.82, 2.24) is 10.6 Å². The highest BCUT2D eigenvalue weighted by Gasteiger charge is 1.91. The Hall–Kier alpha value is -0.610. The molecular formula is C9H20N2O2. The van der Waals surface area contributed by atoms with Crippen molar-refractivity contribution in [2.24, 2.45) is 0 Å². The van der Waals surface area contributed by atoms with Crippen LogP contribution in [0.15, 0.2) is 0 Å². The summed E-state index contributed by atoms with van der Waals surface area (Å²) in [4.78, 5) is 10.4. The quantitative estimate of drug-likeness (QED) is 0.533. The van der Waals surface area contributed by atoms with E-state index in [-0.39, 0.29) is 5.91 Å². The van der Waals surface area contributed by atoms with Gasteiger partial charge in [0.2, 0.25) is 5.91 Å². The van der Waals surface area contributed by atoms with Crippen molar-refractivity contribution >= 4 is 5.91 Å². The Balaban J connectivity index is 2.87. The van der Waals surface area contributed by atoms with Crippen LogP contribution < -0.4 is 10.6 Å². The van der Waals surface area contributed by atoms with Gasteiger partial charge in [-0.25, -0.2) is 0 Å². The summed E-state index contributed by atoms with van der Waals surface area (Å²) in [5.74, 6) is -0.00113. The van der Waals surface area contributed by atoms with Crippen molar-refractivity contribution in [1.29, 1.82) is 0 Å². The molecule has 0 aromatic rings. The van der Waals surface area contributed by atoms with Gasteiger partial charge in [-0.1, -0.05) is 0 Å². The Morgan fingerprint density at radius 1 is 1.23 bits per heavy atom. The first-order valence-corrected chi connectivity index (χ1v) is 4.74. The highest BCUT2D eigenvalue weighted by atomic mass is 16.5. The maximum absolute atomic E-state index is 10.4. The predicted molar refractivity (Wildman–Crippen MR) is 52.7 cm³/mol. The molecule has 78 valence electrons. The second kappa shape index (κ2) is 9.48. The van der Waals surface area contributed by atoms with Gasteiger partial charge in [-0.2, -0.15) is 0 Å². The van der Waals surface area contributed by atoms with Crippen molar-refractivity contribution in [3.8, 4) is 0 Å². The fourth-order valence-electron chi connectivity index (χ4n) is 0.907. The van der Waals surface area contributed by atoms with E-state index in [1.807, 2.05) is 7.05 Å². The second-order valence-electron chi connectivity index (χ2n) is 2.91. The first-order chi connectivity index (χ1) is 6.27. The summed E-state index contributed by atoms with van der Waals surface area (Å²) in [6.07, 6.45) is 2.21. The molecular weight excluding hydrogens is 168 g/mol. The second-order valence-corrected chi connectivity index (χ2v) is 2.91. The van der Waals surface area contributed by atoms with Crippen LogP contribution in [-0.4, -0.2) is 39.3 Å². The van der Waals surface area contributed by atoms with Gasteiger partial charge in [-0.3, -0.25) is 4.79 Å². The van der Waals surface area contributed by atoms with E-state index in [1.54, 1.807) is 0 Å². The van der Waals surface area contributed by atoms with Crippen molar-refractivity contribution in [2.75, 3.05) is 33.4 Å². The lowest BCUT2D eigenvalue weighted by molar-refractivity contribution is -0.119.